The molecule has 0 aromatic carbocycles. The monoisotopic (exact) mass is 271 g/mol. The first-order valence-electron chi connectivity index (χ1n) is 4.93. The van der Waals surface area contributed by atoms with E-state index in [2.05, 4.69) is 15.5 Å². The van der Waals surface area contributed by atoms with E-state index in [1.54, 1.807) is 0 Å². The molecule has 1 atom stereocenters. The first kappa shape index (κ1) is 12.5. The number of aromatic nitrogens is 4. The summed E-state index contributed by atoms with van der Waals surface area (Å²) in [6, 6.07) is -0.784. The highest BCUT2D eigenvalue weighted by atomic mass is 32.2. The van der Waals surface area contributed by atoms with Gasteiger partial charge in [0.25, 0.3) is 5.91 Å². The van der Waals surface area contributed by atoms with Crippen LogP contribution in [0.4, 0.5) is 0 Å². The van der Waals surface area contributed by atoms with Gasteiger partial charge in [0.05, 0.1) is 12.2 Å². The van der Waals surface area contributed by atoms with Crippen LogP contribution in [0.15, 0.2) is 5.16 Å². The van der Waals surface area contributed by atoms with E-state index in [1.165, 1.54) is 11.7 Å². The third kappa shape index (κ3) is 2.18. The number of aliphatic carboxylic acids is 1. The van der Waals surface area contributed by atoms with Gasteiger partial charge in [0.2, 0.25) is 11.1 Å². The molecule has 2 heterocycles. The van der Waals surface area contributed by atoms with Crippen molar-refractivity contribution in [1.82, 2.24) is 25.1 Å². The van der Waals surface area contributed by atoms with E-state index >= 15 is 0 Å². The van der Waals surface area contributed by atoms with Crippen molar-refractivity contribution in [2.75, 3.05) is 12.8 Å². The Morgan fingerprint density at radius 3 is 2.83 bits per heavy atom. The highest BCUT2D eigenvalue weighted by molar-refractivity contribution is 7.99. The molecule has 1 saturated heterocycles. The van der Waals surface area contributed by atoms with Gasteiger partial charge in [0.1, 0.15) is 6.04 Å². The molecule has 1 aromatic heterocycles. The van der Waals surface area contributed by atoms with E-state index in [-0.39, 0.29) is 23.2 Å². The lowest BCUT2D eigenvalue weighted by molar-refractivity contribution is -0.137. The van der Waals surface area contributed by atoms with E-state index in [0.717, 1.165) is 16.7 Å². The summed E-state index contributed by atoms with van der Waals surface area (Å²) in [5, 5.41) is 19.5. The Labute approximate surface area is 105 Å². The summed E-state index contributed by atoms with van der Waals surface area (Å²) in [6.07, 6.45) is -0.0129. The fraction of sp³-hybridized carbons (Fsp3) is 0.500. The largest absolute Gasteiger partial charge is 0.481 e. The lowest BCUT2D eigenvalue weighted by Gasteiger charge is -2.09. The van der Waals surface area contributed by atoms with Crippen LogP contribution in [-0.2, 0) is 14.4 Å². The number of thioether (sulfide) groups is 1. The van der Waals surface area contributed by atoms with Crippen LogP contribution in [0.3, 0.4) is 0 Å². The lowest BCUT2D eigenvalue weighted by Crippen LogP contribution is -2.27. The summed E-state index contributed by atoms with van der Waals surface area (Å²) in [5.74, 6) is -1.94. The maximum Gasteiger partial charge on any atom is 0.313 e. The van der Waals surface area contributed by atoms with Crippen molar-refractivity contribution in [3.63, 3.8) is 0 Å². The van der Waals surface area contributed by atoms with Crippen molar-refractivity contribution in [3.05, 3.63) is 0 Å². The van der Waals surface area contributed by atoms with Gasteiger partial charge >= 0.3 is 5.97 Å². The molecule has 2 amide bonds. The van der Waals surface area contributed by atoms with Gasteiger partial charge in [-0.25, -0.2) is 4.68 Å². The zero-order chi connectivity index (χ0) is 13.3. The van der Waals surface area contributed by atoms with Gasteiger partial charge < -0.3 is 5.11 Å². The van der Waals surface area contributed by atoms with Crippen LogP contribution < -0.4 is 0 Å². The van der Waals surface area contributed by atoms with Gasteiger partial charge in [0.15, 0.2) is 0 Å². The minimum Gasteiger partial charge on any atom is -0.481 e. The quantitative estimate of drug-likeness (QED) is 0.534. The smallest absolute Gasteiger partial charge is 0.313 e. The predicted octanol–water partition coefficient (Wildman–Crippen LogP) is -1.22. The molecule has 10 heteroatoms. The zero-order valence-corrected chi connectivity index (χ0v) is 10.1. The molecule has 0 spiro atoms. The van der Waals surface area contributed by atoms with Gasteiger partial charge in [-0.15, -0.1) is 5.10 Å². The van der Waals surface area contributed by atoms with Crippen molar-refractivity contribution < 1.29 is 19.5 Å². The van der Waals surface area contributed by atoms with Crippen molar-refractivity contribution in [2.24, 2.45) is 0 Å². The third-order valence-corrected chi connectivity index (χ3v) is 3.36. The Morgan fingerprint density at radius 2 is 2.28 bits per heavy atom. The molecule has 1 aliphatic rings. The van der Waals surface area contributed by atoms with Crippen molar-refractivity contribution in [1.29, 1.82) is 0 Å². The highest BCUT2D eigenvalue weighted by Gasteiger charge is 2.39. The van der Waals surface area contributed by atoms with Crippen LogP contribution in [0, 0.1) is 0 Å². The van der Waals surface area contributed by atoms with Gasteiger partial charge in [-0.05, 0) is 10.4 Å². The number of likely N-dealkylation sites (tertiary alicyclic amines) is 1. The molecule has 96 valence electrons. The average Bonchev–Trinajstić information content (AvgIpc) is 2.87. The summed E-state index contributed by atoms with van der Waals surface area (Å²) in [4.78, 5) is 34.6. The number of nitrogens with zero attached hydrogens (tertiary/aromatic N) is 5. The second kappa shape index (κ2) is 4.72. The molecule has 1 unspecified atom stereocenters. The van der Waals surface area contributed by atoms with Crippen LogP contribution >= 0.6 is 11.8 Å². The van der Waals surface area contributed by atoms with E-state index in [1.807, 2.05) is 0 Å². The molecule has 9 nitrogen and oxygen atoms in total. The van der Waals surface area contributed by atoms with E-state index in [4.69, 9.17) is 5.11 Å². The molecular weight excluding hydrogens is 262 g/mol. The molecule has 1 aliphatic heterocycles. The Bertz CT molecular complexity index is 515. The number of hydrogen-bond donors (Lipinski definition) is 1. The van der Waals surface area contributed by atoms with Crippen LogP contribution in [0.2, 0.25) is 0 Å². The molecule has 1 aromatic rings. The number of hydrogen-bond acceptors (Lipinski definition) is 7. The number of amides is 2. The predicted molar refractivity (Wildman–Crippen MR) is 57.6 cm³/mol. The standard InChI is InChI=1S/C8H9N5O4S/c1-12-5(14)2-4(7(12)17)13-8(9-10-11-13)18-3-6(15)16/h4H,2-3H2,1H3,(H,15,16). The summed E-state index contributed by atoms with van der Waals surface area (Å²) in [7, 11) is 1.39. The first-order chi connectivity index (χ1) is 8.50. The van der Waals surface area contributed by atoms with Crippen LogP contribution in [0.1, 0.15) is 12.5 Å². The van der Waals surface area contributed by atoms with Gasteiger partial charge in [-0.1, -0.05) is 11.8 Å². The number of carboxylic acids is 1. The minimum atomic E-state index is -1.01. The number of carbonyl (C=O) groups is 3. The lowest BCUT2D eigenvalue weighted by atomic mass is 10.2. The molecular formula is C8H9N5O4S. The number of tetrazole rings is 1. The second-order valence-corrected chi connectivity index (χ2v) is 4.54. The number of likely N-dealkylation sites (N-methyl/N-ethyl adjacent to an activating group) is 1. The molecule has 0 saturated carbocycles. The molecule has 1 fully saturated rings. The Hall–Kier alpha value is -1.97. The molecule has 1 N–H and O–H groups in total. The Kier molecular flexibility index (Phi) is 3.28. The van der Waals surface area contributed by atoms with E-state index in [0.29, 0.717) is 0 Å². The van der Waals surface area contributed by atoms with Gasteiger partial charge in [0, 0.05) is 7.05 Å². The third-order valence-electron chi connectivity index (χ3n) is 2.44. The van der Waals surface area contributed by atoms with Crippen molar-refractivity contribution in [3.8, 4) is 0 Å². The number of imide groups is 1. The molecule has 2 rings (SSSR count). The number of rotatable bonds is 4. The van der Waals surface area contributed by atoms with Crippen LogP contribution in [0.25, 0.3) is 0 Å². The minimum absolute atomic E-state index is 0.0129. The van der Waals surface area contributed by atoms with Crippen molar-refractivity contribution in [2.45, 2.75) is 17.6 Å². The molecule has 0 bridgehead atoms. The fourth-order valence-electron chi connectivity index (χ4n) is 1.53. The zero-order valence-electron chi connectivity index (χ0n) is 9.31. The molecule has 0 radical (unpaired) electrons. The average molecular weight is 271 g/mol. The highest BCUT2D eigenvalue weighted by Crippen LogP contribution is 2.26. The number of carbonyl (C=O) groups excluding carboxylic acids is 2. The summed E-state index contributed by atoms with van der Waals surface area (Å²) in [6.45, 7) is 0. The van der Waals surface area contributed by atoms with Crippen LogP contribution in [-0.4, -0.2) is 60.8 Å². The molecule has 18 heavy (non-hydrogen) atoms. The first-order valence-corrected chi connectivity index (χ1v) is 5.92. The van der Waals surface area contributed by atoms with E-state index in [9.17, 15) is 14.4 Å². The fourth-order valence-corrected chi connectivity index (χ4v) is 2.17. The maximum atomic E-state index is 11.8. The Balaban J connectivity index is 2.19. The SMILES string of the molecule is CN1C(=O)CC(n2nnnc2SCC(=O)O)C1=O. The maximum absolute atomic E-state index is 11.8. The van der Waals surface area contributed by atoms with E-state index < -0.39 is 17.9 Å². The van der Waals surface area contributed by atoms with Crippen molar-refractivity contribution >= 4 is 29.5 Å². The van der Waals surface area contributed by atoms with Crippen LogP contribution in [0.5, 0.6) is 0 Å². The van der Waals surface area contributed by atoms with Gasteiger partial charge in [-0.2, -0.15) is 0 Å². The van der Waals surface area contributed by atoms with Gasteiger partial charge in [-0.3, -0.25) is 19.3 Å². The summed E-state index contributed by atoms with van der Waals surface area (Å²) >= 11 is 0.898. The number of carboxylic acid groups (broad SMARTS) is 1. The topological polar surface area (TPSA) is 118 Å². The normalized spacial score (nSPS) is 19.6. The second-order valence-electron chi connectivity index (χ2n) is 3.60. The Morgan fingerprint density at radius 1 is 1.56 bits per heavy atom. The summed E-state index contributed by atoms with van der Waals surface area (Å²) in [5.41, 5.74) is 0. The summed E-state index contributed by atoms with van der Waals surface area (Å²) < 4.78 is 1.19. The molecule has 0 aliphatic carbocycles.